The second-order valence-electron chi connectivity index (χ2n) is 7.63. The highest BCUT2D eigenvalue weighted by Gasteiger charge is 2.45. The smallest absolute Gasteiger partial charge is 0.347 e. The number of aliphatic hydroxyl groups excluding tert-OH is 4. The molecule has 0 aromatic heterocycles. The molecule has 10 heteroatoms. The van der Waals surface area contributed by atoms with Crippen molar-refractivity contribution in [3.8, 4) is 23.0 Å². The van der Waals surface area contributed by atoms with Crippen LogP contribution in [0.2, 0.25) is 0 Å². The molecule has 0 aliphatic carbocycles. The van der Waals surface area contributed by atoms with Gasteiger partial charge in [0.2, 0.25) is 6.29 Å². The Balaban J connectivity index is 1.72. The van der Waals surface area contributed by atoms with Gasteiger partial charge in [0.25, 0.3) is 0 Å². The molecule has 166 valence electrons. The quantitative estimate of drug-likeness (QED) is 0.279. The average Bonchev–Trinajstić information content (AvgIpc) is 2.83. The largest absolute Gasteiger partial charge is 0.508 e. The van der Waals surface area contributed by atoms with Crippen LogP contribution in [-0.2, 0) is 11.2 Å². The Morgan fingerprint density at radius 2 is 1.77 bits per heavy atom. The van der Waals surface area contributed by atoms with Crippen molar-refractivity contribution in [2.45, 2.75) is 44.1 Å². The molecular formula is C21H22O10. The van der Waals surface area contributed by atoms with Gasteiger partial charge in [-0.1, -0.05) is 6.07 Å². The predicted molar refractivity (Wildman–Crippen MR) is 103 cm³/mol. The molecule has 0 spiro atoms. The number of rotatable bonds is 3. The molecule has 5 atom stereocenters. The van der Waals surface area contributed by atoms with Crippen molar-refractivity contribution in [3.05, 3.63) is 46.5 Å². The zero-order chi connectivity index (χ0) is 22.4. The lowest BCUT2D eigenvalue weighted by Crippen LogP contribution is -2.60. The summed E-state index contributed by atoms with van der Waals surface area (Å²) in [6, 6.07) is 5.65. The van der Waals surface area contributed by atoms with Crippen LogP contribution >= 0.6 is 0 Å². The van der Waals surface area contributed by atoms with Crippen LogP contribution in [0.3, 0.4) is 0 Å². The number of carbonyl (C=O) groups excluding carboxylic acids is 1. The van der Waals surface area contributed by atoms with E-state index in [9.17, 15) is 35.4 Å². The zero-order valence-corrected chi connectivity index (χ0v) is 16.4. The molecule has 2 aliphatic heterocycles. The van der Waals surface area contributed by atoms with Crippen molar-refractivity contribution in [2.75, 3.05) is 6.61 Å². The van der Waals surface area contributed by atoms with Crippen LogP contribution in [0, 0.1) is 6.92 Å². The Morgan fingerprint density at radius 3 is 2.48 bits per heavy atom. The maximum atomic E-state index is 12.7. The van der Waals surface area contributed by atoms with E-state index in [4.69, 9.17) is 14.2 Å². The molecule has 2 aromatic carbocycles. The standard InChI is InChI=1S/C21H22O10/c1-8-2-10-4-9-5-11(23)6-12(24)15(9)20(28)31-19(10)13(3-8)29-21-18(27)17(26)16(25)14(7-22)30-21/h2-3,5-6,14,16-18,21-27H,4,7H2,1H3/t14-,16-,17+,18-,21-/m1/s1. The van der Waals surface area contributed by atoms with Gasteiger partial charge in [-0.05, 0) is 30.2 Å². The fourth-order valence-corrected chi connectivity index (χ4v) is 3.83. The first kappa shape index (κ1) is 21.3. The van der Waals surface area contributed by atoms with Crippen molar-refractivity contribution < 1.29 is 49.6 Å². The van der Waals surface area contributed by atoms with Crippen molar-refractivity contribution in [2.24, 2.45) is 0 Å². The summed E-state index contributed by atoms with van der Waals surface area (Å²) in [6.07, 6.45) is -7.33. The molecule has 31 heavy (non-hydrogen) atoms. The number of fused-ring (bicyclic) bond motifs is 2. The van der Waals surface area contributed by atoms with Crippen LogP contribution in [0.4, 0.5) is 0 Å². The van der Waals surface area contributed by atoms with Gasteiger partial charge in [-0.2, -0.15) is 0 Å². The summed E-state index contributed by atoms with van der Waals surface area (Å²) >= 11 is 0. The third-order valence-electron chi connectivity index (χ3n) is 5.33. The average molecular weight is 434 g/mol. The molecule has 1 fully saturated rings. The van der Waals surface area contributed by atoms with Crippen LogP contribution in [0.1, 0.15) is 27.0 Å². The zero-order valence-electron chi connectivity index (χ0n) is 16.4. The summed E-state index contributed by atoms with van der Waals surface area (Å²) in [6.45, 7) is 1.14. The SMILES string of the molecule is Cc1cc2c(c(O[C@@H]3O[C@H](CO)[C@@H](O)[C@H](O)[C@H]3O)c1)OC(=O)c1c(O)cc(O)cc1C2. The second-order valence-corrected chi connectivity index (χ2v) is 7.63. The lowest BCUT2D eigenvalue weighted by atomic mass is 9.97. The summed E-state index contributed by atoms with van der Waals surface area (Å²) < 4.78 is 16.5. The number of aryl methyl sites for hydroxylation is 1. The van der Waals surface area contributed by atoms with Gasteiger partial charge in [-0.3, -0.25) is 0 Å². The summed E-state index contributed by atoms with van der Waals surface area (Å²) in [7, 11) is 0. The fraction of sp³-hybridized carbons (Fsp3) is 0.381. The monoisotopic (exact) mass is 434 g/mol. The van der Waals surface area contributed by atoms with Crippen molar-refractivity contribution >= 4 is 5.97 Å². The summed E-state index contributed by atoms with van der Waals surface area (Å²) in [5.41, 5.74) is 1.48. The van der Waals surface area contributed by atoms with E-state index >= 15 is 0 Å². The van der Waals surface area contributed by atoms with Crippen LogP contribution in [0.25, 0.3) is 0 Å². The van der Waals surface area contributed by atoms with Gasteiger partial charge >= 0.3 is 5.97 Å². The number of benzene rings is 2. The maximum absolute atomic E-state index is 12.7. The molecule has 0 unspecified atom stereocenters. The molecular weight excluding hydrogens is 412 g/mol. The first-order valence-corrected chi connectivity index (χ1v) is 9.57. The molecule has 0 bridgehead atoms. The predicted octanol–water partition coefficient (Wildman–Crippen LogP) is -0.292. The molecule has 0 amide bonds. The van der Waals surface area contributed by atoms with Crippen LogP contribution in [-0.4, -0.2) is 73.9 Å². The van der Waals surface area contributed by atoms with E-state index in [2.05, 4.69) is 0 Å². The van der Waals surface area contributed by atoms with E-state index in [1.807, 2.05) is 0 Å². The van der Waals surface area contributed by atoms with E-state index in [0.717, 1.165) is 6.07 Å². The van der Waals surface area contributed by atoms with E-state index in [0.29, 0.717) is 16.7 Å². The molecule has 6 N–H and O–H groups in total. The first-order chi connectivity index (χ1) is 14.7. The van der Waals surface area contributed by atoms with E-state index in [1.54, 1.807) is 13.0 Å². The minimum atomic E-state index is -1.64. The Morgan fingerprint density at radius 1 is 1.03 bits per heavy atom. The van der Waals surface area contributed by atoms with Gasteiger partial charge in [-0.25, -0.2) is 4.79 Å². The highest BCUT2D eigenvalue weighted by Crippen LogP contribution is 2.41. The maximum Gasteiger partial charge on any atom is 0.347 e. The fourth-order valence-electron chi connectivity index (χ4n) is 3.83. The minimum Gasteiger partial charge on any atom is -0.508 e. The van der Waals surface area contributed by atoms with Crippen molar-refractivity contribution in [1.29, 1.82) is 0 Å². The molecule has 10 nitrogen and oxygen atoms in total. The minimum absolute atomic E-state index is 0.0163. The molecule has 0 radical (unpaired) electrons. The van der Waals surface area contributed by atoms with Crippen LogP contribution in [0.5, 0.6) is 23.0 Å². The number of phenolic OH excluding ortho intramolecular Hbond substituents is 2. The number of aliphatic hydroxyl groups is 4. The van der Waals surface area contributed by atoms with E-state index < -0.39 is 49.0 Å². The van der Waals surface area contributed by atoms with E-state index in [1.165, 1.54) is 12.1 Å². The van der Waals surface area contributed by atoms with Gasteiger partial charge < -0.3 is 44.8 Å². The topological polar surface area (TPSA) is 166 Å². The second kappa shape index (κ2) is 7.98. The number of phenols is 2. The third-order valence-corrected chi connectivity index (χ3v) is 5.33. The Labute approximate surface area is 176 Å². The molecule has 2 aliphatic rings. The molecule has 2 heterocycles. The van der Waals surface area contributed by atoms with Crippen LogP contribution in [0.15, 0.2) is 24.3 Å². The molecule has 1 saturated heterocycles. The van der Waals surface area contributed by atoms with Gasteiger partial charge in [0.15, 0.2) is 11.5 Å². The summed E-state index contributed by atoms with van der Waals surface area (Å²) in [5, 5.41) is 59.5. The number of ether oxygens (including phenoxy) is 3. The highest BCUT2D eigenvalue weighted by molar-refractivity contribution is 5.97. The van der Waals surface area contributed by atoms with E-state index in [-0.39, 0.29) is 29.2 Å². The van der Waals surface area contributed by atoms with Gasteiger partial charge in [0.05, 0.1) is 6.61 Å². The number of esters is 1. The Hall–Kier alpha value is -2.89. The van der Waals surface area contributed by atoms with Gasteiger partial charge in [0.1, 0.15) is 41.5 Å². The molecule has 2 aromatic rings. The van der Waals surface area contributed by atoms with Gasteiger partial charge in [-0.15, -0.1) is 0 Å². The molecule has 4 rings (SSSR count). The lowest BCUT2D eigenvalue weighted by Gasteiger charge is -2.39. The summed E-state index contributed by atoms with van der Waals surface area (Å²) in [5.74, 6) is -1.47. The Kier molecular flexibility index (Phi) is 5.50. The van der Waals surface area contributed by atoms with Crippen molar-refractivity contribution in [1.82, 2.24) is 0 Å². The highest BCUT2D eigenvalue weighted by atomic mass is 16.7. The lowest BCUT2D eigenvalue weighted by molar-refractivity contribution is -0.277. The summed E-state index contributed by atoms with van der Waals surface area (Å²) in [4.78, 5) is 12.7. The third kappa shape index (κ3) is 3.80. The van der Waals surface area contributed by atoms with Crippen molar-refractivity contribution in [3.63, 3.8) is 0 Å². The number of hydrogen-bond acceptors (Lipinski definition) is 10. The normalized spacial score (nSPS) is 27.6. The first-order valence-electron chi connectivity index (χ1n) is 9.57. The molecule has 0 saturated carbocycles. The number of carbonyl (C=O) groups is 1. The van der Waals surface area contributed by atoms with Gasteiger partial charge in [0, 0.05) is 18.1 Å². The Bertz CT molecular complexity index is 1020. The number of hydrogen-bond donors (Lipinski definition) is 6. The van der Waals surface area contributed by atoms with Crippen LogP contribution < -0.4 is 9.47 Å². The number of aromatic hydroxyl groups is 2.